The van der Waals surface area contributed by atoms with Crippen LogP contribution in [0, 0.1) is 52.8 Å². The van der Waals surface area contributed by atoms with Crippen molar-refractivity contribution >= 4 is 0 Å². The van der Waals surface area contributed by atoms with E-state index < -0.39 is 5.60 Å². The van der Waals surface area contributed by atoms with E-state index >= 15 is 0 Å². The summed E-state index contributed by atoms with van der Waals surface area (Å²) in [6.45, 7) is 9.77. The van der Waals surface area contributed by atoms with E-state index in [1.54, 1.807) is 0 Å². The van der Waals surface area contributed by atoms with Crippen LogP contribution < -0.4 is 0 Å². The highest BCUT2D eigenvalue weighted by atomic mass is 16.3. The van der Waals surface area contributed by atoms with Crippen LogP contribution in [0.4, 0.5) is 0 Å². The molecule has 0 radical (unpaired) electrons. The van der Waals surface area contributed by atoms with Crippen molar-refractivity contribution in [2.75, 3.05) is 6.61 Å². The lowest BCUT2D eigenvalue weighted by molar-refractivity contribution is -0.109. The normalized spacial score (nSPS) is 56.6. The molecule has 0 spiro atoms. The summed E-state index contributed by atoms with van der Waals surface area (Å²) in [5, 5.41) is 20.3. The first-order chi connectivity index (χ1) is 11.8. The molecule has 4 saturated carbocycles. The number of aliphatic hydroxyl groups is 2. The average Bonchev–Trinajstić information content (AvgIpc) is 2.84. The first-order valence-corrected chi connectivity index (χ1v) is 11.1. The second kappa shape index (κ2) is 6.23. The molecule has 2 N–H and O–H groups in total. The zero-order valence-electron chi connectivity index (χ0n) is 16.9. The summed E-state index contributed by atoms with van der Waals surface area (Å²) < 4.78 is 0. The first-order valence-electron chi connectivity index (χ1n) is 11.1. The number of hydrogen-bond acceptors (Lipinski definition) is 2. The van der Waals surface area contributed by atoms with Crippen molar-refractivity contribution in [1.29, 1.82) is 0 Å². The highest BCUT2D eigenvalue weighted by molar-refractivity contribution is 5.09. The van der Waals surface area contributed by atoms with Crippen LogP contribution in [0.1, 0.15) is 79.1 Å². The van der Waals surface area contributed by atoms with E-state index in [4.69, 9.17) is 0 Å². The van der Waals surface area contributed by atoms with Crippen LogP contribution >= 0.6 is 0 Å². The Balaban J connectivity index is 1.57. The summed E-state index contributed by atoms with van der Waals surface area (Å²) in [6.07, 6.45) is 10.2. The molecule has 0 aromatic rings. The van der Waals surface area contributed by atoms with Crippen molar-refractivity contribution in [2.24, 2.45) is 52.8 Å². The lowest BCUT2D eigenvalue weighted by Crippen LogP contribution is -2.51. The second-order valence-electron chi connectivity index (χ2n) is 11.1. The lowest BCUT2D eigenvalue weighted by atomic mass is 9.48. The maximum absolute atomic E-state index is 10.5. The largest absolute Gasteiger partial charge is 0.396 e. The van der Waals surface area contributed by atoms with Gasteiger partial charge in [0.2, 0.25) is 0 Å². The predicted octanol–water partition coefficient (Wildman–Crippen LogP) is 4.88. The summed E-state index contributed by atoms with van der Waals surface area (Å²) in [7, 11) is 0. The maximum Gasteiger partial charge on any atom is 0.0622 e. The first kappa shape index (κ1) is 18.3. The van der Waals surface area contributed by atoms with Crippen molar-refractivity contribution < 1.29 is 10.2 Å². The van der Waals surface area contributed by atoms with Gasteiger partial charge in [-0.15, -0.1) is 0 Å². The van der Waals surface area contributed by atoms with Crippen LogP contribution in [0.25, 0.3) is 0 Å². The molecule has 0 heterocycles. The number of rotatable bonds is 2. The van der Waals surface area contributed by atoms with Crippen molar-refractivity contribution in [3.8, 4) is 0 Å². The molecule has 0 aromatic heterocycles. The SMILES string of the molecule is CC(CO)[C@H]1C[C@@H](C)[C@H]2[C@@H]3CC[C@@H]4C[C@](C)(O)CC[C@@H]4[C@H]3CC[C@@]21C. The molecule has 1 unspecified atom stereocenters. The topological polar surface area (TPSA) is 40.5 Å². The Hall–Kier alpha value is -0.0800. The minimum atomic E-state index is -0.403. The number of aliphatic hydroxyl groups excluding tert-OH is 1. The summed E-state index contributed by atoms with van der Waals surface area (Å²) in [6, 6.07) is 0. The predicted molar refractivity (Wildman–Crippen MR) is 102 cm³/mol. The third-order valence-corrected chi connectivity index (χ3v) is 9.59. The van der Waals surface area contributed by atoms with Gasteiger partial charge in [0.15, 0.2) is 0 Å². The standard InChI is InChI=1S/C23H40O2/c1-14-11-20(15(2)13-24)23(4)10-8-18-17-7-9-22(3,25)12-16(17)5-6-19(18)21(14)23/h14-21,24-25H,5-13H2,1-4H3/t14-,15?,16-,17+,18-,19-,20-,21+,22-,23-/m1/s1. The van der Waals surface area contributed by atoms with Crippen LogP contribution in [-0.4, -0.2) is 22.4 Å². The van der Waals surface area contributed by atoms with Gasteiger partial charge in [-0.3, -0.25) is 0 Å². The van der Waals surface area contributed by atoms with Crippen LogP contribution in [0.5, 0.6) is 0 Å². The second-order valence-corrected chi connectivity index (χ2v) is 11.1. The van der Waals surface area contributed by atoms with Gasteiger partial charge in [0.05, 0.1) is 5.60 Å². The van der Waals surface area contributed by atoms with Gasteiger partial charge in [-0.1, -0.05) is 20.8 Å². The molecule has 10 atom stereocenters. The van der Waals surface area contributed by atoms with Gasteiger partial charge in [-0.25, -0.2) is 0 Å². The molecule has 4 fully saturated rings. The third-order valence-electron chi connectivity index (χ3n) is 9.59. The van der Waals surface area contributed by atoms with Crippen molar-refractivity contribution in [1.82, 2.24) is 0 Å². The van der Waals surface area contributed by atoms with Crippen LogP contribution in [0.3, 0.4) is 0 Å². The highest BCUT2D eigenvalue weighted by Crippen LogP contribution is 2.67. The molecule has 144 valence electrons. The molecule has 0 saturated heterocycles. The van der Waals surface area contributed by atoms with Crippen LogP contribution in [0.2, 0.25) is 0 Å². The molecule has 25 heavy (non-hydrogen) atoms. The van der Waals surface area contributed by atoms with Crippen LogP contribution in [0.15, 0.2) is 0 Å². The zero-order valence-corrected chi connectivity index (χ0v) is 16.9. The Kier molecular flexibility index (Phi) is 4.56. The fourth-order valence-electron chi connectivity index (χ4n) is 8.69. The molecular formula is C23H40O2. The fraction of sp³-hybridized carbons (Fsp3) is 1.00. The van der Waals surface area contributed by atoms with E-state index in [1.165, 1.54) is 38.5 Å². The number of hydrogen-bond donors (Lipinski definition) is 2. The molecular weight excluding hydrogens is 308 g/mol. The van der Waals surface area contributed by atoms with Gasteiger partial charge in [0, 0.05) is 6.61 Å². The molecule has 0 aliphatic heterocycles. The monoisotopic (exact) mass is 348 g/mol. The van der Waals surface area contributed by atoms with Gasteiger partial charge in [0.1, 0.15) is 0 Å². The molecule has 0 bridgehead atoms. The van der Waals surface area contributed by atoms with Crippen molar-refractivity contribution in [3.63, 3.8) is 0 Å². The minimum absolute atomic E-state index is 0.355. The Morgan fingerprint density at radius 3 is 2.44 bits per heavy atom. The Bertz CT molecular complexity index is 500. The molecule has 2 nitrogen and oxygen atoms in total. The summed E-state index contributed by atoms with van der Waals surface area (Å²) in [5.41, 5.74) is 0.0508. The molecule has 2 heteroatoms. The van der Waals surface area contributed by atoms with Crippen molar-refractivity contribution in [3.05, 3.63) is 0 Å². The van der Waals surface area contributed by atoms with E-state index in [1.807, 2.05) is 0 Å². The highest BCUT2D eigenvalue weighted by Gasteiger charge is 2.60. The molecule has 0 aromatic carbocycles. The molecule has 0 amide bonds. The Morgan fingerprint density at radius 2 is 1.72 bits per heavy atom. The van der Waals surface area contributed by atoms with Crippen molar-refractivity contribution in [2.45, 2.75) is 84.7 Å². The minimum Gasteiger partial charge on any atom is -0.396 e. The van der Waals surface area contributed by atoms with Gasteiger partial charge in [-0.2, -0.15) is 0 Å². The van der Waals surface area contributed by atoms with Gasteiger partial charge < -0.3 is 10.2 Å². The van der Waals surface area contributed by atoms with E-state index in [-0.39, 0.29) is 0 Å². The van der Waals surface area contributed by atoms with Gasteiger partial charge in [-0.05, 0) is 111 Å². The zero-order chi connectivity index (χ0) is 18.0. The smallest absolute Gasteiger partial charge is 0.0622 e. The Labute approximate surface area is 154 Å². The van der Waals surface area contributed by atoms with Gasteiger partial charge >= 0.3 is 0 Å². The van der Waals surface area contributed by atoms with Gasteiger partial charge in [0.25, 0.3) is 0 Å². The van der Waals surface area contributed by atoms with E-state index in [9.17, 15) is 10.2 Å². The molecule has 4 aliphatic rings. The molecule has 4 aliphatic carbocycles. The molecule has 4 rings (SSSR count). The summed E-state index contributed by atoms with van der Waals surface area (Å²) >= 11 is 0. The van der Waals surface area contributed by atoms with E-state index in [0.717, 1.165) is 48.3 Å². The number of fused-ring (bicyclic) bond motifs is 5. The quantitative estimate of drug-likeness (QED) is 0.746. The van der Waals surface area contributed by atoms with E-state index in [0.29, 0.717) is 23.9 Å². The average molecular weight is 349 g/mol. The fourth-order valence-corrected chi connectivity index (χ4v) is 8.69. The summed E-state index contributed by atoms with van der Waals surface area (Å²) in [4.78, 5) is 0. The third kappa shape index (κ3) is 2.81. The van der Waals surface area contributed by atoms with Crippen LogP contribution in [-0.2, 0) is 0 Å². The maximum atomic E-state index is 10.5. The Morgan fingerprint density at radius 1 is 1.00 bits per heavy atom. The van der Waals surface area contributed by atoms with E-state index in [2.05, 4.69) is 27.7 Å². The summed E-state index contributed by atoms with van der Waals surface area (Å²) in [5.74, 6) is 6.34. The lowest BCUT2D eigenvalue weighted by Gasteiger charge is -2.58.